The summed E-state index contributed by atoms with van der Waals surface area (Å²) in [4.78, 5) is 45.9. The Balaban J connectivity index is 1.35. The van der Waals surface area contributed by atoms with Gasteiger partial charge in [-0.2, -0.15) is 0 Å². The van der Waals surface area contributed by atoms with Crippen LogP contribution in [0.2, 0.25) is 0 Å². The Labute approximate surface area is 163 Å². The van der Waals surface area contributed by atoms with Crippen LogP contribution in [-0.2, 0) is 16.1 Å². The third-order valence-electron chi connectivity index (χ3n) is 5.24. The van der Waals surface area contributed by atoms with Crippen LogP contribution >= 0.6 is 0 Å². The lowest BCUT2D eigenvalue weighted by Crippen LogP contribution is -2.49. The van der Waals surface area contributed by atoms with E-state index in [9.17, 15) is 14.4 Å². The molecule has 0 aliphatic carbocycles. The molecule has 0 saturated carbocycles. The Bertz CT molecular complexity index is 858. The molecule has 0 radical (unpaired) electrons. The van der Waals surface area contributed by atoms with Gasteiger partial charge in [-0.25, -0.2) is 4.98 Å². The van der Waals surface area contributed by atoms with Crippen LogP contribution in [0, 0.1) is 0 Å². The molecule has 3 amide bonds. The summed E-state index contributed by atoms with van der Waals surface area (Å²) in [5, 5.41) is 0. The molecule has 144 valence electrons. The number of carbonyl (C=O) groups excluding carboxylic acids is 3. The average Bonchev–Trinajstić information content (AvgIpc) is 3.06. The predicted molar refractivity (Wildman–Crippen MR) is 104 cm³/mol. The van der Waals surface area contributed by atoms with Crippen molar-refractivity contribution in [2.45, 2.75) is 19.4 Å². The number of hydrogen-bond donors (Lipinski definition) is 0. The highest BCUT2D eigenvalue weighted by molar-refractivity contribution is 6.01. The van der Waals surface area contributed by atoms with Crippen molar-refractivity contribution in [1.82, 2.24) is 14.8 Å². The number of amides is 3. The van der Waals surface area contributed by atoms with Crippen LogP contribution in [0.1, 0.15) is 28.8 Å². The van der Waals surface area contributed by atoms with Crippen molar-refractivity contribution < 1.29 is 14.4 Å². The maximum atomic E-state index is 12.8. The molecule has 1 aromatic heterocycles. The van der Waals surface area contributed by atoms with E-state index in [0.29, 0.717) is 31.5 Å². The first-order valence-electron chi connectivity index (χ1n) is 9.49. The number of nitrogens with zero attached hydrogens (tertiary/aromatic N) is 4. The summed E-state index contributed by atoms with van der Waals surface area (Å²) in [6, 6.07) is 13.0. The van der Waals surface area contributed by atoms with Gasteiger partial charge in [0, 0.05) is 50.8 Å². The summed E-state index contributed by atoms with van der Waals surface area (Å²) in [6.45, 7) is 3.07. The Morgan fingerprint density at radius 2 is 1.57 bits per heavy atom. The Kier molecular flexibility index (Phi) is 5.06. The number of imide groups is 1. The summed E-state index contributed by atoms with van der Waals surface area (Å²) in [7, 11) is 0. The smallest absolute Gasteiger partial charge is 0.253 e. The molecule has 28 heavy (non-hydrogen) atoms. The fourth-order valence-electron chi connectivity index (χ4n) is 3.60. The first-order valence-corrected chi connectivity index (χ1v) is 9.49. The number of likely N-dealkylation sites (tertiary alicyclic amines) is 1. The van der Waals surface area contributed by atoms with E-state index in [0.717, 1.165) is 24.5 Å². The molecule has 3 heterocycles. The van der Waals surface area contributed by atoms with E-state index in [2.05, 4.69) is 9.88 Å². The molecule has 1 aromatic carbocycles. The van der Waals surface area contributed by atoms with Gasteiger partial charge in [-0.1, -0.05) is 18.2 Å². The van der Waals surface area contributed by atoms with Crippen molar-refractivity contribution in [3.05, 3.63) is 59.8 Å². The van der Waals surface area contributed by atoms with Gasteiger partial charge in [0.25, 0.3) is 5.91 Å². The Hall–Kier alpha value is -3.22. The zero-order valence-corrected chi connectivity index (χ0v) is 15.6. The lowest BCUT2D eigenvalue weighted by Gasteiger charge is -2.35. The second-order valence-electron chi connectivity index (χ2n) is 7.04. The first kappa shape index (κ1) is 18.2. The minimum Gasteiger partial charge on any atom is -0.353 e. The van der Waals surface area contributed by atoms with Crippen LogP contribution in [-0.4, -0.2) is 58.7 Å². The highest BCUT2D eigenvalue weighted by atomic mass is 16.2. The van der Waals surface area contributed by atoms with Crippen LogP contribution in [0.3, 0.4) is 0 Å². The van der Waals surface area contributed by atoms with E-state index < -0.39 is 0 Å². The van der Waals surface area contributed by atoms with Gasteiger partial charge >= 0.3 is 0 Å². The molecule has 7 nitrogen and oxygen atoms in total. The molecule has 0 N–H and O–H groups in total. The molecule has 2 saturated heterocycles. The standard InChI is InChI=1S/C21H22N4O3/c26-19-8-9-20(27)25(19)15-16-4-6-17(7-5-16)21(28)24-13-11-23(12-14-24)18-3-1-2-10-22-18/h1-7,10H,8-9,11-15H2. The lowest BCUT2D eigenvalue weighted by molar-refractivity contribution is -0.139. The van der Waals surface area contributed by atoms with Gasteiger partial charge in [-0.15, -0.1) is 0 Å². The van der Waals surface area contributed by atoms with E-state index in [4.69, 9.17) is 0 Å². The van der Waals surface area contributed by atoms with Gasteiger partial charge in [-0.05, 0) is 29.8 Å². The van der Waals surface area contributed by atoms with Crippen molar-refractivity contribution >= 4 is 23.5 Å². The zero-order chi connectivity index (χ0) is 19.5. The topological polar surface area (TPSA) is 73.8 Å². The fourth-order valence-corrected chi connectivity index (χ4v) is 3.60. The van der Waals surface area contributed by atoms with Crippen LogP contribution in [0.15, 0.2) is 48.7 Å². The quantitative estimate of drug-likeness (QED) is 0.757. The van der Waals surface area contributed by atoms with Gasteiger partial charge in [0.15, 0.2) is 0 Å². The van der Waals surface area contributed by atoms with Crippen molar-refractivity contribution in [2.24, 2.45) is 0 Å². The van der Waals surface area contributed by atoms with E-state index in [-0.39, 0.29) is 24.3 Å². The molecule has 0 spiro atoms. The van der Waals surface area contributed by atoms with Crippen molar-refractivity contribution in [2.75, 3.05) is 31.1 Å². The highest BCUT2D eigenvalue weighted by Gasteiger charge is 2.29. The molecule has 2 aromatic rings. The fraction of sp³-hybridized carbons (Fsp3) is 0.333. The van der Waals surface area contributed by atoms with Crippen molar-refractivity contribution in [3.8, 4) is 0 Å². The summed E-state index contributed by atoms with van der Waals surface area (Å²) >= 11 is 0. The highest BCUT2D eigenvalue weighted by Crippen LogP contribution is 2.18. The molecule has 4 rings (SSSR count). The average molecular weight is 378 g/mol. The number of piperazine rings is 1. The molecule has 2 aliphatic heterocycles. The van der Waals surface area contributed by atoms with Gasteiger partial charge in [-0.3, -0.25) is 19.3 Å². The molecule has 0 unspecified atom stereocenters. The van der Waals surface area contributed by atoms with Gasteiger partial charge in [0.2, 0.25) is 11.8 Å². The third kappa shape index (κ3) is 3.74. The number of pyridine rings is 1. The monoisotopic (exact) mass is 378 g/mol. The number of anilines is 1. The Morgan fingerprint density at radius 1 is 0.893 bits per heavy atom. The van der Waals surface area contributed by atoms with Crippen molar-refractivity contribution in [1.29, 1.82) is 0 Å². The van der Waals surface area contributed by atoms with E-state index in [1.807, 2.05) is 35.2 Å². The van der Waals surface area contributed by atoms with Crippen LogP contribution in [0.4, 0.5) is 5.82 Å². The summed E-state index contributed by atoms with van der Waals surface area (Å²) < 4.78 is 0. The van der Waals surface area contributed by atoms with Gasteiger partial charge in [0.05, 0.1) is 6.54 Å². The second kappa shape index (κ2) is 7.80. The van der Waals surface area contributed by atoms with Gasteiger partial charge in [0.1, 0.15) is 5.82 Å². The van der Waals surface area contributed by atoms with E-state index in [1.54, 1.807) is 18.3 Å². The Morgan fingerprint density at radius 3 is 2.18 bits per heavy atom. The molecule has 2 fully saturated rings. The maximum Gasteiger partial charge on any atom is 0.253 e. The molecular formula is C21H22N4O3. The SMILES string of the molecule is O=C(c1ccc(CN2C(=O)CCC2=O)cc1)N1CCN(c2ccccn2)CC1. The first-order chi connectivity index (χ1) is 13.6. The summed E-state index contributed by atoms with van der Waals surface area (Å²) in [5.74, 6) is 0.678. The van der Waals surface area contributed by atoms with Crippen LogP contribution < -0.4 is 4.90 Å². The molecule has 7 heteroatoms. The summed E-state index contributed by atoms with van der Waals surface area (Å²) in [5.41, 5.74) is 1.47. The zero-order valence-electron chi connectivity index (χ0n) is 15.6. The second-order valence-corrected chi connectivity index (χ2v) is 7.04. The van der Waals surface area contributed by atoms with E-state index >= 15 is 0 Å². The normalized spacial score (nSPS) is 17.4. The minimum absolute atomic E-state index is 0.000506. The maximum absolute atomic E-state index is 12.8. The molecule has 0 atom stereocenters. The van der Waals surface area contributed by atoms with Gasteiger partial charge < -0.3 is 9.80 Å². The number of rotatable bonds is 4. The van der Waals surface area contributed by atoms with Crippen LogP contribution in [0.25, 0.3) is 0 Å². The number of hydrogen-bond acceptors (Lipinski definition) is 5. The summed E-state index contributed by atoms with van der Waals surface area (Å²) in [6.07, 6.45) is 2.36. The third-order valence-corrected chi connectivity index (χ3v) is 5.24. The van der Waals surface area contributed by atoms with Crippen molar-refractivity contribution in [3.63, 3.8) is 0 Å². The lowest BCUT2D eigenvalue weighted by atomic mass is 10.1. The minimum atomic E-state index is -0.129. The largest absolute Gasteiger partial charge is 0.353 e. The van der Waals surface area contributed by atoms with Crippen LogP contribution in [0.5, 0.6) is 0 Å². The number of aromatic nitrogens is 1. The van der Waals surface area contributed by atoms with E-state index in [1.165, 1.54) is 4.90 Å². The number of benzene rings is 1. The number of carbonyl (C=O) groups is 3. The molecular weight excluding hydrogens is 356 g/mol. The molecule has 2 aliphatic rings. The molecule has 0 bridgehead atoms. The predicted octanol–water partition coefficient (Wildman–Crippen LogP) is 1.69.